The molecular formula is C16H13ClFNO. The summed E-state index contributed by atoms with van der Waals surface area (Å²) in [6.07, 6.45) is 1.90. The zero-order valence-corrected chi connectivity index (χ0v) is 11.4. The second kappa shape index (κ2) is 5.27. The molecule has 0 fully saturated rings. The van der Waals surface area contributed by atoms with Crippen molar-refractivity contribution in [2.75, 3.05) is 0 Å². The number of nitrogens with zero attached hydrogens (tertiary/aromatic N) is 1. The minimum absolute atomic E-state index is 0.00331. The Morgan fingerprint density at radius 3 is 2.70 bits per heavy atom. The Bertz CT molecular complexity index is 766. The van der Waals surface area contributed by atoms with E-state index in [1.807, 2.05) is 35.0 Å². The van der Waals surface area contributed by atoms with Gasteiger partial charge in [0.2, 0.25) is 0 Å². The molecular weight excluding hydrogens is 277 g/mol. The summed E-state index contributed by atoms with van der Waals surface area (Å²) in [5.74, 6) is -0.308. The molecule has 2 aromatic carbocycles. The topological polar surface area (TPSA) is 25.2 Å². The highest BCUT2D eigenvalue weighted by Crippen LogP contribution is 2.22. The molecule has 0 saturated carbocycles. The normalized spacial score (nSPS) is 11.2. The molecule has 0 aliphatic rings. The fraction of sp³-hybridized carbons (Fsp3) is 0.125. The van der Waals surface area contributed by atoms with Crippen LogP contribution in [0.5, 0.6) is 0 Å². The van der Waals surface area contributed by atoms with Gasteiger partial charge in [-0.25, -0.2) is 4.39 Å². The van der Waals surface area contributed by atoms with Crippen molar-refractivity contribution in [2.24, 2.45) is 0 Å². The molecule has 1 aromatic heterocycles. The number of fused-ring (bicyclic) bond motifs is 1. The molecule has 0 aliphatic carbocycles. The van der Waals surface area contributed by atoms with Gasteiger partial charge in [-0.1, -0.05) is 29.8 Å². The number of aliphatic hydroxyl groups is 1. The summed E-state index contributed by atoms with van der Waals surface area (Å²) < 4.78 is 15.8. The molecule has 0 spiro atoms. The molecule has 0 unspecified atom stereocenters. The van der Waals surface area contributed by atoms with Gasteiger partial charge in [0, 0.05) is 27.7 Å². The van der Waals surface area contributed by atoms with Gasteiger partial charge in [0.15, 0.2) is 0 Å². The van der Waals surface area contributed by atoms with E-state index in [4.69, 9.17) is 11.6 Å². The number of halogens is 2. The maximum atomic E-state index is 13.9. The average Bonchev–Trinajstić information content (AvgIpc) is 2.85. The minimum Gasteiger partial charge on any atom is -0.392 e. The van der Waals surface area contributed by atoms with Crippen molar-refractivity contribution < 1.29 is 9.50 Å². The second-order valence-corrected chi connectivity index (χ2v) is 5.12. The number of benzene rings is 2. The molecule has 3 rings (SSSR count). The summed E-state index contributed by atoms with van der Waals surface area (Å²) in [6, 6.07) is 12.4. The quantitative estimate of drug-likeness (QED) is 0.775. The molecule has 102 valence electrons. The van der Waals surface area contributed by atoms with Gasteiger partial charge in [0.25, 0.3) is 0 Å². The zero-order valence-electron chi connectivity index (χ0n) is 10.7. The first-order chi connectivity index (χ1) is 9.69. The SMILES string of the molecule is OCc1cccc2c1ccn2Cc1ccc(Cl)cc1F. The zero-order chi connectivity index (χ0) is 14.1. The number of rotatable bonds is 3. The first kappa shape index (κ1) is 13.2. The lowest BCUT2D eigenvalue weighted by atomic mass is 10.1. The van der Waals surface area contributed by atoms with Crippen molar-refractivity contribution in [1.29, 1.82) is 0 Å². The van der Waals surface area contributed by atoms with E-state index in [1.54, 1.807) is 12.1 Å². The Morgan fingerprint density at radius 1 is 1.10 bits per heavy atom. The van der Waals surface area contributed by atoms with Gasteiger partial charge >= 0.3 is 0 Å². The Hall–Kier alpha value is -1.84. The van der Waals surface area contributed by atoms with Crippen LogP contribution < -0.4 is 0 Å². The van der Waals surface area contributed by atoms with Crippen LogP contribution in [-0.4, -0.2) is 9.67 Å². The fourth-order valence-corrected chi connectivity index (χ4v) is 2.56. The van der Waals surface area contributed by atoms with E-state index in [0.29, 0.717) is 17.1 Å². The van der Waals surface area contributed by atoms with Crippen LogP contribution in [0.2, 0.25) is 5.02 Å². The van der Waals surface area contributed by atoms with Crippen molar-refractivity contribution in [1.82, 2.24) is 4.57 Å². The molecule has 0 amide bonds. The summed E-state index contributed by atoms with van der Waals surface area (Å²) in [7, 11) is 0. The molecule has 0 atom stereocenters. The van der Waals surface area contributed by atoms with E-state index in [9.17, 15) is 9.50 Å². The van der Waals surface area contributed by atoms with Crippen molar-refractivity contribution >= 4 is 22.5 Å². The number of aliphatic hydroxyl groups excluding tert-OH is 1. The Kier molecular flexibility index (Phi) is 3.47. The molecule has 0 aliphatic heterocycles. The number of aromatic nitrogens is 1. The molecule has 4 heteroatoms. The molecule has 0 bridgehead atoms. The Balaban J connectivity index is 2.03. The third-order valence-electron chi connectivity index (χ3n) is 3.43. The lowest BCUT2D eigenvalue weighted by Crippen LogP contribution is -2.00. The molecule has 1 N–H and O–H groups in total. The monoisotopic (exact) mass is 289 g/mol. The molecule has 20 heavy (non-hydrogen) atoms. The highest BCUT2D eigenvalue weighted by molar-refractivity contribution is 6.30. The van der Waals surface area contributed by atoms with Gasteiger partial charge < -0.3 is 9.67 Å². The summed E-state index contributed by atoms with van der Waals surface area (Å²) in [6.45, 7) is 0.429. The molecule has 2 nitrogen and oxygen atoms in total. The fourth-order valence-electron chi connectivity index (χ4n) is 2.40. The molecule has 3 aromatic rings. The minimum atomic E-state index is -0.308. The van der Waals surface area contributed by atoms with E-state index in [0.717, 1.165) is 16.5 Å². The van der Waals surface area contributed by atoms with Crippen LogP contribution in [0.1, 0.15) is 11.1 Å². The first-order valence-corrected chi connectivity index (χ1v) is 6.68. The first-order valence-electron chi connectivity index (χ1n) is 6.30. The Morgan fingerprint density at radius 2 is 1.95 bits per heavy atom. The van der Waals surface area contributed by atoms with Crippen molar-refractivity contribution in [3.63, 3.8) is 0 Å². The van der Waals surface area contributed by atoms with Gasteiger partial charge in [0.05, 0.1) is 13.2 Å². The standard InChI is InChI=1S/C16H13ClFNO/c17-13-5-4-11(15(18)8-13)9-19-7-6-14-12(10-20)2-1-3-16(14)19/h1-8,20H,9-10H2. The van der Waals surface area contributed by atoms with Crippen molar-refractivity contribution in [3.05, 3.63) is 70.6 Å². The smallest absolute Gasteiger partial charge is 0.129 e. The van der Waals surface area contributed by atoms with Crippen LogP contribution in [0.25, 0.3) is 10.9 Å². The maximum absolute atomic E-state index is 13.9. The van der Waals surface area contributed by atoms with Gasteiger partial charge in [-0.15, -0.1) is 0 Å². The summed E-state index contributed by atoms with van der Waals surface area (Å²) in [5, 5.41) is 10.7. The predicted molar refractivity (Wildman–Crippen MR) is 78.4 cm³/mol. The molecule has 1 heterocycles. The summed E-state index contributed by atoms with van der Waals surface area (Å²) >= 11 is 5.76. The maximum Gasteiger partial charge on any atom is 0.129 e. The van der Waals surface area contributed by atoms with Gasteiger partial charge in [0.1, 0.15) is 5.82 Å². The third kappa shape index (κ3) is 2.30. The average molecular weight is 290 g/mol. The van der Waals surface area contributed by atoms with E-state index in [-0.39, 0.29) is 12.4 Å². The van der Waals surface area contributed by atoms with Crippen LogP contribution in [0.15, 0.2) is 48.7 Å². The highest BCUT2D eigenvalue weighted by atomic mass is 35.5. The van der Waals surface area contributed by atoms with Gasteiger partial charge in [-0.3, -0.25) is 0 Å². The van der Waals surface area contributed by atoms with Crippen LogP contribution in [0.4, 0.5) is 4.39 Å². The van der Waals surface area contributed by atoms with E-state index < -0.39 is 0 Å². The second-order valence-electron chi connectivity index (χ2n) is 4.69. The van der Waals surface area contributed by atoms with Gasteiger partial charge in [-0.05, 0) is 29.8 Å². The van der Waals surface area contributed by atoms with E-state index in [2.05, 4.69) is 0 Å². The summed E-state index contributed by atoms with van der Waals surface area (Å²) in [5.41, 5.74) is 2.44. The van der Waals surface area contributed by atoms with Gasteiger partial charge in [-0.2, -0.15) is 0 Å². The molecule has 0 radical (unpaired) electrons. The van der Waals surface area contributed by atoms with Crippen LogP contribution in [-0.2, 0) is 13.2 Å². The Labute approximate surface area is 121 Å². The lowest BCUT2D eigenvalue weighted by Gasteiger charge is -2.08. The van der Waals surface area contributed by atoms with Crippen LogP contribution in [0.3, 0.4) is 0 Å². The number of hydrogen-bond donors (Lipinski definition) is 1. The van der Waals surface area contributed by atoms with Crippen molar-refractivity contribution in [2.45, 2.75) is 13.2 Å². The van der Waals surface area contributed by atoms with E-state index in [1.165, 1.54) is 6.07 Å². The highest BCUT2D eigenvalue weighted by Gasteiger charge is 2.08. The molecule has 0 saturated heterocycles. The van der Waals surface area contributed by atoms with E-state index >= 15 is 0 Å². The predicted octanol–water partition coefficient (Wildman–Crippen LogP) is 3.97. The van der Waals surface area contributed by atoms with Crippen molar-refractivity contribution in [3.8, 4) is 0 Å². The van der Waals surface area contributed by atoms with Crippen LogP contribution >= 0.6 is 11.6 Å². The third-order valence-corrected chi connectivity index (χ3v) is 3.67. The van der Waals surface area contributed by atoms with Crippen LogP contribution in [0, 0.1) is 5.82 Å². The number of hydrogen-bond acceptors (Lipinski definition) is 1. The largest absolute Gasteiger partial charge is 0.392 e. The lowest BCUT2D eigenvalue weighted by molar-refractivity contribution is 0.283. The summed E-state index contributed by atoms with van der Waals surface area (Å²) in [4.78, 5) is 0.